The summed E-state index contributed by atoms with van der Waals surface area (Å²) < 4.78 is 28.0. The number of halogens is 3. The van der Waals surface area contributed by atoms with Gasteiger partial charge >= 0.3 is 0 Å². The first-order valence-corrected chi connectivity index (χ1v) is 7.19. The second-order valence-electron chi connectivity index (χ2n) is 5.04. The molecule has 3 aromatic rings. The maximum absolute atomic E-state index is 13.2. The molecule has 0 aliphatic heterocycles. The summed E-state index contributed by atoms with van der Waals surface area (Å²) in [6.45, 7) is 0. The average molecular weight is 335 g/mol. The van der Waals surface area contributed by atoms with E-state index in [9.17, 15) is 8.78 Å². The van der Waals surface area contributed by atoms with Crippen molar-refractivity contribution in [2.75, 3.05) is 11.9 Å². The standard InChI is InChI=1S/C16H13ClF2N4/c1-22(12-6-3-10(18)4-7-12)16-21-20-15(23(16)2)13-8-5-11(19)9-14(13)17/h3-9H,1-2H3. The number of nitrogens with zero attached hydrogens (tertiary/aromatic N) is 4. The molecule has 0 aliphatic carbocycles. The van der Waals surface area contributed by atoms with Crippen LogP contribution in [0.5, 0.6) is 0 Å². The highest BCUT2D eigenvalue weighted by Crippen LogP contribution is 2.30. The molecule has 1 heterocycles. The highest BCUT2D eigenvalue weighted by molar-refractivity contribution is 6.33. The molecule has 7 heteroatoms. The highest BCUT2D eigenvalue weighted by atomic mass is 35.5. The number of anilines is 2. The van der Waals surface area contributed by atoms with Gasteiger partial charge in [0, 0.05) is 25.3 Å². The average Bonchev–Trinajstić information content (AvgIpc) is 2.89. The Bertz CT molecular complexity index is 846. The van der Waals surface area contributed by atoms with Gasteiger partial charge in [-0.3, -0.25) is 4.57 Å². The topological polar surface area (TPSA) is 34.0 Å². The van der Waals surface area contributed by atoms with E-state index in [0.29, 0.717) is 17.3 Å². The van der Waals surface area contributed by atoms with Gasteiger partial charge in [-0.15, -0.1) is 10.2 Å². The van der Waals surface area contributed by atoms with Crippen molar-refractivity contribution in [2.24, 2.45) is 7.05 Å². The SMILES string of the molecule is CN(c1ccc(F)cc1)c1nnc(-c2ccc(F)cc2Cl)n1C. The second-order valence-corrected chi connectivity index (χ2v) is 5.45. The minimum Gasteiger partial charge on any atom is -0.314 e. The maximum atomic E-state index is 13.2. The summed E-state index contributed by atoms with van der Waals surface area (Å²) in [6.07, 6.45) is 0. The molecule has 0 saturated heterocycles. The van der Waals surface area contributed by atoms with Crippen LogP contribution in [0.15, 0.2) is 42.5 Å². The summed E-state index contributed by atoms with van der Waals surface area (Å²) >= 11 is 6.08. The predicted octanol–water partition coefficient (Wildman–Crippen LogP) is 4.18. The summed E-state index contributed by atoms with van der Waals surface area (Å²) in [5.41, 5.74) is 1.35. The fourth-order valence-electron chi connectivity index (χ4n) is 2.30. The lowest BCUT2D eigenvalue weighted by Gasteiger charge is -2.18. The van der Waals surface area contributed by atoms with Crippen LogP contribution < -0.4 is 4.90 Å². The number of hydrogen-bond acceptors (Lipinski definition) is 3. The first kappa shape index (κ1) is 15.4. The molecule has 0 amide bonds. The van der Waals surface area contributed by atoms with Crippen LogP contribution in [0.2, 0.25) is 5.02 Å². The third-order valence-electron chi connectivity index (χ3n) is 3.54. The summed E-state index contributed by atoms with van der Waals surface area (Å²) in [4.78, 5) is 1.77. The number of hydrogen-bond donors (Lipinski definition) is 0. The second kappa shape index (κ2) is 5.96. The molecule has 0 radical (unpaired) electrons. The van der Waals surface area contributed by atoms with Gasteiger partial charge < -0.3 is 4.90 Å². The van der Waals surface area contributed by atoms with Crippen molar-refractivity contribution in [1.29, 1.82) is 0 Å². The molecule has 0 unspecified atom stereocenters. The molecule has 0 fully saturated rings. The fraction of sp³-hybridized carbons (Fsp3) is 0.125. The van der Waals surface area contributed by atoms with E-state index in [1.165, 1.54) is 24.3 Å². The summed E-state index contributed by atoms with van der Waals surface area (Å²) in [6, 6.07) is 10.2. The summed E-state index contributed by atoms with van der Waals surface area (Å²) in [7, 11) is 3.58. The van der Waals surface area contributed by atoms with Gasteiger partial charge in [0.05, 0.1) is 5.02 Å². The Morgan fingerprint density at radius 3 is 2.30 bits per heavy atom. The van der Waals surface area contributed by atoms with Crippen LogP contribution in [0, 0.1) is 11.6 Å². The Morgan fingerprint density at radius 1 is 1.00 bits per heavy atom. The Kier molecular flexibility index (Phi) is 4.00. The highest BCUT2D eigenvalue weighted by Gasteiger charge is 2.17. The smallest absolute Gasteiger partial charge is 0.231 e. The monoisotopic (exact) mass is 334 g/mol. The van der Waals surface area contributed by atoms with E-state index in [1.54, 1.807) is 41.8 Å². The Hall–Kier alpha value is -2.47. The number of aromatic nitrogens is 3. The van der Waals surface area contributed by atoms with E-state index >= 15 is 0 Å². The molecule has 2 aromatic carbocycles. The van der Waals surface area contributed by atoms with Gasteiger partial charge in [0.15, 0.2) is 5.82 Å². The zero-order chi connectivity index (χ0) is 16.6. The molecule has 118 valence electrons. The van der Waals surface area contributed by atoms with E-state index in [1.807, 2.05) is 0 Å². The Labute approximate surface area is 136 Å². The molecule has 0 saturated carbocycles. The third kappa shape index (κ3) is 2.90. The zero-order valence-corrected chi connectivity index (χ0v) is 13.2. The van der Waals surface area contributed by atoms with Crippen LogP contribution in [0.25, 0.3) is 11.4 Å². The van der Waals surface area contributed by atoms with Gasteiger partial charge in [-0.2, -0.15) is 0 Å². The molecule has 0 spiro atoms. The molecule has 23 heavy (non-hydrogen) atoms. The first-order chi connectivity index (χ1) is 11.0. The van der Waals surface area contributed by atoms with Crippen molar-refractivity contribution in [2.45, 2.75) is 0 Å². The lowest BCUT2D eigenvalue weighted by Crippen LogP contribution is -2.14. The molecular weight excluding hydrogens is 322 g/mol. The zero-order valence-electron chi connectivity index (χ0n) is 12.5. The van der Waals surface area contributed by atoms with Crippen LogP contribution in [-0.4, -0.2) is 21.8 Å². The van der Waals surface area contributed by atoms with Gasteiger partial charge in [0.1, 0.15) is 11.6 Å². The molecule has 0 N–H and O–H groups in total. The van der Waals surface area contributed by atoms with Crippen LogP contribution in [-0.2, 0) is 7.05 Å². The lowest BCUT2D eigenvalue weighted by molar-refractivity contribution is 0.627. The minimum absolute atomic E-state index is 0.261. The van der Waals surface area contributed by atoms with Crippen molar-refractivity contribution in [3.8, 4) is 11.4 Å². The number of rotatable bonds is 3. The van der Waals surface area contributed by atoms with E-state index in [2.05, 4.69) is 10.2 Å². The molecular formula is C16H13ClF2N4. The van der Waals surface area contributed by atoms with Gasteiger partial charge in [0.25, 0.3) is 0 Å². The molecule has 1 aromatic heterocycles. The molecule has 3 rings (SSSR count). The van der Waals surface area contributed by atoms with E-state index in [4.69, 9.17) is 11.6 Å². The predicted molar refractivity (Wildman–Crippen MR) is 85.9 cm³/mol. The van der Waals surface area contributed by atoms with Crippen LogP contribution in [0.4, 0.5) is 20.4 Å². The van der Waals surface area contributed by atoms with Crippen molar-refractivity contribution in [3.05, 3.63) is 59.1 Å². The minimum atomic E-state index is -0.412. The van der Waals surface area contributed by atoms with Crippen molar-refractivity contribution in [3.63, 3.8) is 0 Å². The third-order valence-corrected chi connectivity index (χ3v) is 3.85. The summed E-state index contributed by atoms with van der Waals surface area (Å²) in [5.74, 6) is 0.342. The first-order valence-electron chi connectivity index (χ1n) is 6.81. The lowest BCUT2D eigenvalue weighted by atomic mass is 10.2. The van der Waals surface area contributed by atoms with Crippen molar-refractivity contribution >= 4 is 23.2 Å². The van der Waals surface area contributed by atoms with Crippen LogP contribution >= 0.6 is 11.6 Å². The van der Waals surface area contributed by atoms with E-state index in [-0.39, 0.29) is 10.8 Å². The van der Waals surface area contributed by atoms with E-state index in [0.717, 1.165) is 5.69 Å². The fourth-order valence-corrected chi connectivity index (χ4v) is 2.55. The summed E-state index contributed by atoms with van der Waals surface area (Å²) in [5, 5.41) is 8.54. The Morgan fingerprint density at radius 2 is 1.65 bits per heavy atom. The van der Waals surface area contributed by atoms with Gasteiger partial charge in [-0.05, 0) is 42.5 Å². The van der Waals surface area contributed by atoms with Gasteiger partial charge in [-0.25, -0.2) is 8.78 Å². The van der Waals surface area contributed by atoms with Crippen LogP contribution in [0.1, 0.15) is 0 Å². The van der Waals surface area contributed by atoms with Gasteiger partial charge in [-0.1, -0.05) is 11.6 Å². The molecule has 0 atom stereocenters. The van der Waals surface area contributed by atoms with Gasteiger partial charge in [0.2, 0.25) is 5.95 Å². The molecule has 0 bridgehead atoms. The quantitative estimate of drug-likeness (QED) is 0.720. The van der Waals surface area contributed by atoms with E-state index < -0.39 is 5.82 Å². The number of benzene rings is 2. The molecule has 0 aliphatic rings. The van der Waals surface area contributed by atoms with Crippen LogP contribution in [0.3, 0.4) is 0 Å². The molecule has 4 nitrogen and oxygen atoms in total. The maximum Gasteiger partial charge on any atom is 0.231 e. The normalized spacial score (nSPS) is 10.8. The Balaban J connectivity index is 2.00. The largest absolute Gasteiger partial charge is 0.314 e. The van der Waals surface area contributed by atoms with Crippen molar-refractivity contribution < 1.29 is 8.78 Å². The van der Waals surface area contributed by atoms with Crippen molar-refractivity contribution in [1.82, 2.24) is 14.8 Å².